The quantitative estimate of drug-likeness (QED) is 0.478. The van der Waals surface area contributed by atoms with Gasteiger partial charge in [-0.1, -0.05) is 43.7 Å². The minimum absolute atomic E-state index is 0. The average molecular weight is 442 g/mol. The summed E-state index contributed by atoms with van der Waals surface area (Å²) in [6.45, 7) is 9.21. The highest BCUT2D eigenvalue weighted by Crippen LogP contribution is 2.31. The molecule has 1 saturated heterocycles. The zero-order valence-corrected chi connectivity index (χ0v) is 19.5. The van der Waals surface area contributed by atoms with Gasteiger partial charge in [-0.2, -0.15) is 0 Å². The van der Waals surface area contributed by atoms with Crippen LogP contribution in [0, 0.1) is 13.8 Å². The predicted molar refractivity (Wildman–Crippen MR) is 127 cm³/mol. The summed E-state index contributed by atoms with van der Waals surface area (Å²) in [5, 5.41) is 0. The van der Waals surface area contributed by atoms with Crippen molar-refractivity contribution in [3.63, 3.8) is 0 Å². The summed E-state index contributed by atoms with van der Waals surface area (Å²) in [7, 11) is 0. The Balaban J connectivity index is 0.00000272. The van der Waals surface area contributed by atoms with E-state index in [4.69, 9.17) is 9.72 Å². The van der Waals surface area contributed by atoms with Crippen molar-refractivity contribution in [2.45, 2.75) is 52.5 Å². The fourth-order valence-corrected chi connectivity index (χ4v) is 4.42. The number of para-hydroxylation sites is 3. The first kappa shape index (κ1) is 23.1. The zero-order valence-electron chi connectivity index (χ0n) is 18.6. The number of aryl methyl sites for hydroxylation is 2. The standard InChI is InChI=1S/C25H31N3O2.ClH/c1-4-5-13-27-17-20(16-23(27)29)25-26-21-11-6-7-12-22(21)28(25)14-15-30-24-18(2)9-8-10-19(24)3;/h6-12,20H,4-5,13-17H2,1-3H3;1H. The molecule has 1 aliphatic rings. The normalized spacial score (nSPS) is 16.0. The lowest BCUT2D eigenvalue weighted by Gasteiger charge is -2.17. The molecule has 31 heavy (non-hydrogen) atoms. The number of nitrogens with zero attached hydrogens (tertiary/aromatic N) is 3. The van der Waals surface area contributed by atoms with Gasteiger partial charge in [-0.3, -0.25) is 4.79 Å². The van der Waals surface area contributed by atoms with Gasteiger partial charge in [0.2, 0.25) is 5.91 Å². The van der Waals surface area contributed by atoms with Crippen molar-refractivity contribution >= 4 is 29.3 Å². The van der Waals surface area contributed by atoms with Gasteiger partial charge < -0.3 is 14.2 Å². The van der Waals surface area contributed by atoms with E-state index in [2.05, 4.69) is 49.6 Å². The van der Waals surface area contributed by atoms with Crippen molar-refractivity contribution in [2.24, 2.45) is 0 Å². The molecule has 4 rings (SSSR count). The molecule has 0 spiro atoms. The second-order valence-corrected chi connectivity index (χ2v) is 8.27. The molecule has 1 atom stereocenters. The van der Waals surface area contributed by atoms with Gasteiger partial charge in [0.1, 0.15) is 18.2 Å². The topological polar surface area (TPSA) is 47.4 Å². The van der Waals surface area contributed by atoms with Crippen LogP contribution in [0.25, 0.3) is 11.0 Å². The summed E-state index contributed by atoms with van der Waals surface area (Å²) in [6, 6.07) is 14.4. The number of rotatable bonds is 8. The Morgan fingerprint density at radius 1 is 1.06 bits per heavy atom. The smallest absolute Gasteiger partial charge is 0.223 e. The molecule has 0 N–H and O–H groups in total. The van der Waals surface area contributed by atoms with Crippen molar-refractivity contribution in [1.82, 2.24) is 14.5 Å². The number of imidazole rings is 1. The van der Waals surface area contributed by atoms with Gasteiger partial charge in [0.05, 0.1) is 17.6 Å². The van der Waals surface area contributed by atoms with Crippen LogP contribution in [0.3, 0.4) is 0 Å². The molecular formula is C25H32ClN3O2. The average Bonchev–Trinajstić information content (AvgIpc) is 3.29. The Bertz CT molecular complexity index is 1030. The van der Waals surface area contributed by atoms with Crippen molar-refractivity contribution in [3.8, 4) is 5.75 Å². The predicted octanol–water partition coefficient (Wildman–Crippen LogP) is 5.27. The van der Waals surface area contributed by atoms with E-state index < -0.39 is 0 Å². The SMILES string of the molecule is CCCCN1CC(c2nc3ccccc3n2CCOc2c(C)cccc2C)CC1=O.Cl. The van der Waals surface area contributed by atoms with Crippen LogP contribution in [0.15, 0.2) is 42.5 Å². The minimum atomic E-state index is 0. The lowest BCUT2D eigenvalue weighted by molar-refractivity contribution is -0.127. The first-order chi connectivity index (χ1) is 14.6. The third kappa shape index (κ3) is 4.87. The van der Waals surface area contributed by atoms with E-state index >= 15 is 0 Å². The first-order valence-corrected chi connectivity index (χ1v) is 11.0. The number of fused-ring (bicyclic) bond motifs is 1. The summed E-state index contributed by atoms with van der Waals surface area (Å²) < 4.78 is 8.43. The van der Waals surface area contributed by atoms with Crippen molar-refractivity contribution in [1.29, 1.82) is 0 Å². The number of halogens is 1. The molecule has 1 aromatic heterocycles. The van der Waals surface area contributed by atoms with Gasteiger partial charge in [-0.15, -0.1) is 12.4 Å². The summed E-state index contributed by atoms with van der Waals surface area (Å²) >= 11 is 0. The molecule has 1 aliphatic heterocycles. The summed E-state index contributed by atoms with van der Waals surface area (Å²) in [4.78, 5) is 19.5. The summed E-state index contributed by atoms with van der Waals surface area (Å²) in [6.07, 6.45) is 2.70. The number of amides is 1. The minimum Gasteiger partial charge on any atom is -0.491 e. The summed E-state index contributed by atoms with van der Waals surface area (Å²) in [5.74, 6) is 2.36. The number of aromatic nitrogens is 2. The number of hydrogen-bond donors (Lipinski definition) is 0. The Morgan fingerprint density at radius 3 is 2.55 bits per heavy atom. The second-order valence-electron chi connectivity index (χ2n) is 8.27. The molecule has 2 heterocycles. The molecule has 0 radical (unpaired) electrons. The lowest BCUT2D eigenvalue weighted by atomic mass is 10.1. The van der Waals surface area contributed by atoms with E-state index in [0.29, 0.717) is 19.6 Å². The number of benzene rings is 2. The number of carbonyl (C=O) groups is 1. The van der Waals surface area contributed by atoms with Gasteiger partial charge in [0.15, 0.2) is 0 Å². The van der Waals surface area contributed by atoms with E-state index in [1.165, 1.54) is 0 Å². The van der Waals surface area contributed by atoms with Crippen LogP contribution in [0.4, 0.5) is 0 Å². The first-order valence-electron chi connectivity index (χ1n) is 11.0. The maximum absolute atomic E-state index is 12.5. The molecule has 5 nitrogen and oxygen atoms in total. The van der Waals surface area contributed by atoms with Crippen molar-refractivity contribution in [2.75, 3.05) is 19.7 Å². The molecule has 1 amide bonds. The highest BCUT2D eigenvalue weighted by molar-refractivity contribution is 5.85. The van der Waals surface area contributed by atoms with Crippen LogP contribution >= 0.6 is 12.4 Å². The highest BCUT2D eigenvalue weighted by atomic mass is 35.5. The monoisotopic (exact) mass is 441 g/mol. The van der Waals surface area contributed by atoms with Gasteiger partial charge in [-0.25, -0.2) is 4.98 Å². The number of carbonyl (C=O) groups excluding carboxylic acids is 1. The van der Waals surface area contributed by atoms with Crippen molar-refractivity contribution < 1.29 is 9.53 Å². The van der Waals surface area contributed by atoms with Crippen LogP contribution < -0.4 is 4.74 Å². The van der Waals surface area contributed by atoms with Crippen LogP contribution in [0.5, 0.6) is 5.75 Å². The maximum Gasteiger partial charge on any atom is 0.223 e. The van der Waals surface area contributed by atoms with E-state index in [1.807, 2.05) is 23.1 Å². The Kier molecular flexibility index (Phi) is 7.60. The molecule has 166 valence electrons. The largest absolute Gasteiger partial charge is 0.491 e. The Labute approximate surface area is 190 Å². The fourth-order valence-electron chi connectivity index (χ4n) is 4.42. The third-order valence-corrected chi connectivity index (χ3v) is 6.02. The summed E-state index contributed by atoms with van der Waals surface area (Å²) in [5.41, 5.74) is 4.40. The van der Waals surface area contributed by atoms with Crippen LogP contribution in [0.1, 0.15) is 49.1 Å². The van der Waals surface area contributed by atoms with E-state index in [1.54, 1.807) is 0 Å². The molecular weight excluding hydrogens is 410 g/mol. The lowest BCUT2D eigenvalue weighted by Crippen LogP contribution is -2.26. The van der Waals surface area contributed by atoms with Crippen LogP contribution in [-0.4, -0.2) is 40.1 Å². The van der Waals surface area contributed by atoms with Crippen LogP contribution in [-0.2, 0) is 11.3 Å². The number of unbranched alkanes of at least 4 members (excludes halogenated alkanes) is 1. The highest BCUT2D eigenvalue weighted by Gasteiger charge is 2.33. The Hall–Kier alpha value is -2.53. The molecule has 0 saturated carbocycles. The molecule has 0 aliphatic carbocycles. The Morgan fingerprint density at radius 2 is 1.81 bits per heavy atom. The van der Waals surface area contributed by atoms with Gasteiger partial charge in [-0.05, 0) is 43.5 Å². The molecule has 6 heteroatoms. The molecule has 2 aromatic carbocycles. The van der Waals surface area contributed by atoms with E-state index in [9.17, 15) is 4.79 Å². The zero-order chi connectivity index (χ0) is 21.1. The van der Waals surface area contributed by atoms with Crippen molar-refractivity contribution in [3.05, 3.63) is 59.4 Å². The number of hydrogen-bond acceptors (Lipinski definition) is 3. The van der Waals surface area contributed by atoms with E-state index in [0.717, 1.165) is 59.7 Å². The van der Waals surface area contributed by atoms with Crippen LogP contribution in [0.2, 0.25) is 0 Å². The molecule has 0 bridgehead atoms. The maximum atomic E-state index is 12.5. The van der Waals surface area contributed by atoms with Gasteiger partial charge >= 0.3 is 0 Å². The molecule has 1 fully saturated rings. The van der Waals surface area contributed by atoms with Gasteiger partial charge in [0.25, 0.3) is 0 Å². The molecule has 3 aromatic rings. The fraction of sp³-hybridized carbons (Fsp3) is 0.440. The third-order valence-electron chi connectivity index (χ3n) is 6.02. The number of likely N-dealkylation sites (tertiary alicyclic amines) is 1. The van der Waals surface area contributed by atoms with E-state index in [-0.39, 0.29) is 24.2 Å². The molecule has 1 unspecified atom stereocenters. The number of ether oxygens (including phenoxy) is 1. The second kappa shape index (κ2) is 10.2. The van der Waals surface area contributed by atoms with Gasteiger partial charge in [0, 0.05) is 25.4 Å².